The highest BCUT2D eigenvalue weighted by atomic mass is 32.1. The number of aliphatic hydroxyl groups excluding tert-OH is 1. The molecule has 0 spiro atoms. The number of carbonyl (C=O) groups is 1. The lowest BCUT2D eigenvalue weighted by Crippen LogP contribution is -2.37. The molecule has 1 fully saturated rings. The maximum Gasteiger partial charge on any atom is 0.322 e. The number of rotatable bonds is 7. The van der Waals surface area contributed by atoms with Gasteiger partial charge < -0.3 is 15.3 Å². The second-order valence-electron chi connectivity index (χ2n) is 5.70. The SMILES string of the molecule is O=C(Nc1ccc(-c2nccs2)cc1)N(CCCCO)C1CC1. The van der Waals surface area contributed by atoms with Crippen LogP contribution in [0.3, 0.4) is 0 Å². The van der Waals surface area contributed by atoms with Crippen LogP contribution in [-0.4, -0.2) is 40.2 Å². The van der Waals surface area contributed by atoms with E-state index >= 15 is 0 Å². The predicted octanol–water partition coefficient (Wildman–Crippen LogP) is 3.58. The highest BCUT2D eigenvalue weighted by Crippen LogP contribution is 2.28. The van der Waals surface area contributed by atoms with E-state index < -0.39 is 0 Å². The Hall–Kier alpha value is -1.92. The van der Waals surface area contributed by atoms with E-state index in [-0.39, 0.29) is 12.6 Å². The quantitative estimate of drug-likeness (QED) is 0.762. The number of aliphatic hydroxyl groups is 1. The molecule has 1 aromatic heterocycles. The summed E-state index contributed by atoms with van der Waals surface area (Å²) in [7, 11) is 0. The number of hydrogen-bond donors (Lipinski definition) is 2. The van der Waals surface area contributed by atoms with Crippen LogP contribution in [-0.2, 0) is 0 Å². The fourth-order valence-electron chi connectivity index (χ4n) is 2.49. The number of carbonyl (C=O) groups excluding carboxylic acids is 1. The minimum absolute atomic E-state index is 0.0487. The molecule has 0 unspecified atom stereocenters. The predicted molar refractivity (Wildman–Crippen MR) is 92.6 cm³/mol. The number of urea groups is 1. The van der Waals surface area contributed by atoms with Crippen LogP contribution in [0.2, 0.25) is 0 Å². The second kappa shape index (κ2) is 7.57. The molecular weight excluding hydrogens is 310 g/mol. The smallest absolute Gasteiger partial charge is 0.322 e. The molecule has 2 N–H and O–H groups in total. The van der Waals surface area contributed by atoms with Gasteiger partial charge in [-0.3, -0.25) is 0 Å². The summed E-state index contributed by atoms with van der Waals surface area (Å²) in [6, 6.07) is 8.08. The van der Waals surface area contributed by atoms with E-state index in [0.29, 0.717) is 12.6 Å². The zero-order chi connectivity index (χ0) is 16.1. The Bertz CT molecular complexity index is 624. The van der Waals surface area contributed by atoms with E-state index in [2.05, 4.69) is 10.3 Å². The molecule has 122 valence electrons. The van der Waals surface area contributed by atoms with Gasteiger partial charge in [-0.1, -0.05) is 0 Å². The van der Waals surface area contributed by atoms with Crippen molar-refractivity contribution >= 4 is 23.1 Å². The maximum atomic E-state index is 12.4. The molecule has 5 nitrogen and oxygen atoms in total. The monoisotopic (exact) mass is 331 g/mol. The largest absolute Gasteiger partial charge is 0.396 e. The van der Waals surface area contributed by atoms with Crippen molar-refractivity contribution in [3.05, 3.63) is 35.8 Å². The van der Waals surface area contributed by atoms with Gasteiger partial charge in [-0.2, -0.15) is 0 Å². The Morgan fingerprint density at radius 3 is 2.70 bits per heavy atom. The summed E-state index contributed by atoms with van der Waals surface area (Å²) in [6.07, 6.45) is 5.52. The van der Waals surface area contributed by atoms with Crippen molar-refractivity contribution in [1.82, 2.24) is 9.88 Å². The van der Waals surface area contributed by atoms with Crippen LogP contribution in [0.5, 0.6) is 0 Å². The van der Waals surface area contributed by atoms with Crippen molar-refractivity contribution in [1.29, 1.82) is 0 Å². The van der Waals surface area contributed by atoms with Gasteiger partial charge in [-0.25, -0.2) is 9.78 Å². The summed E-state index contributed by atoms with van der Waals surface area (Å²) >= 11 is 1.60. The van der Waals surface area contributed by atoms with Crippen molar-refractivity contribution in [2.24, 2.45) is 0 Å². The average Bonchev–Trinajstić information content (AvgIpc) is 3.25. The Labute approximate surface area is 140 Å². The topological polar surface area (TPSA) is 65.5 Å². The van der Waals surface area contributed by atoms with E-state index in [9.17, 15) is 4.79 Å². The van der Waals surface area contributed by atoms with Gasteiger partial charge >= 0.3 is 6.03 Å². The molecule has 3 rings (SSSR count). The molecule has 1 aromatic carbocycles. The third kappa shape index (κ3) is 4.30. The molecule has 1 saturated carbocycles. The van der Waals surface area contributed by atoms with Gasteiger partial charge in [-0.15, -0.1) is 11.3 Å². The van der Waals surface area contributed by atoms with Crippen molar-refractivity contribution in [3.8, 4) is 10.6 Å². The Kier molecular flexibility index (Phi) is 5.25. The average molecular weight is 331 g/mol. The molecule has 1 aliphatic rings. The van der Waals surface area contributed by atoms with Gasteiger partial charge in [0, 0.05) is 42.0 Å². The van der Waals surface area contributed by atoms with Gasteiger partial charge in [0.2, 0.25) is 0 Å². The second-order valence-corrected chi connectivity index (χ2v) is 6.59. The van der Waals surface area contributed by atoms with Gasteiger partial charge in [0.15, 0.2) is 0 Å². The summed E-state index contributed by atoms with van der Waals surface area (Å²) in [5.74, 6) is 0. The standard InChI is InChI=1S/C17H21N3O2S/c21-11-2-1-10-20(15-7-8-15)17(22)19-14-5-3-13(4-6-14)16-18-9-12-23-16/h3-6,9,12,15,21H,1-2,7-8,10-11H2,(H,19,22). The van der Waals surface area contributed by atoms with Gasteiger partial charge in [0.1, 0.15) is 5.01 Å². The Morgan fingerprint density at radius 1 is 1.30 bits per heavy atom. The summed E-state index contributed by atoms with van der Waals surface area (Å²) in [5, 5.41) is 14.8. The minimum Gasteiger partial charge on any atom is -0.396 e. The molecule has 0 radical (unpaired) electrons. The third-order valence-electron chi connectivity index (χ3n) is 3.87. The number of amides is 2. The van der Waals surface area contributed by atoms with E-state index in [1.807, 2.05) is 34.5 Å². The van der Waals surface area contributed by atoms with Crippen LogP contribution in [0.4, 0.5) is 10.5 Å². The molecule has 0 aliphatic heterocycles. The van der Waals surface area contributed by atoms with Crippen LogP contribution < -0.4 is 5.32 Å². The summed E-state index contributed by atoms with van der Waals surface area (Å²) in [6.45, 7) is 0.882. The fourth-order valence-corrected chi connectivity index (χ4v) is 3.13. The number of nitrogens with zero attached hydrogens (tertiary/aromatic N) is 2. The normalized spacial score (nSPS) is 13.8. The molecule has 0 atom stereocenters. The highest BCUT2D eigenvalue weighted by molar-refractivity contribution is 7.13. The van der Waals surface area contributed by atoms with E-state index in [1.165, 1.54) is 0 Å². The molecule has 0 saturated heterocycles. The number of aromatic nitrogens is 1. The summed E-state index contributed by atoms with van der Waals surface area (Å²) in [4.78, 5) is 18.6. The number of benzene rings is 1. The van der Waals surface area contributed by atoms with Gasteiger partial charge in [0.25, 0.3) is 0 Å². The minimum atomic E-state index is -0.0487. The first-order chi connectivity index (χ1) is 11.3. The van der Waals surface area contributed by atoms with Crippen LogP contribution in [0.1, 0.15) is 25.7 Å². The molecule has 0 bridgehead atoms. The van der Waals surface area contributed by atoms with Crippen LogP contribution in [0, 0.1) is 0 Å². The molecule has 2 aromatic rings. The van der Waals surface area contributed by atoms with Crippen LogP contribution >= 0.6 is 11.3 Å². The lowest BCUT2D eigenvalue weighted by atomic mass is 10.2. The third-order valence-corrected chi connectivity index (χ3v) is 4.69. The summed E-state index contributed by atoms with van der Waals surface area (Å²) < 4.78 is 0. The molecule has 23 heavy (non-hydrogen) atoms. The summed E-state index contributed by atoms with van der Waals surface area (Å²) in [5.41, 5.74) is 1.85. The highest BCUT2D eigenvalue weighted by Gasteiger charge is 2.32. The molecule has 1 heterocycles. The first kappa shape index (κ1) is 16.0. The molecule has 6 heteroatoms. The van der Waals surface area contributed by atoms with E-state index in [4.69, 9.17) is 5.11 Å². The van der Waals surface area contributed by atoms with Crippen LogP contribution in [0.15, 0.2) is 35.8 Å². The van der Waals surface area contributed by atoms with Crippen LogP contribution in [0.25, 0.3) is 10.6 Å². The molecular formula is C17H21N3O2S. The number of hydrogen-bond acceptors (Lipinski definition) is 4. The lowest BCUT2D eigenvalue weighted by molar-refractivity contribution is 0.204. The number of nitrogens with one attached hydrogen (secondary N) is 1. The molecule has 1 aliphatic carbocycles. The number of thiazole rings is 1. The lowest BCUT2D eigenvalue weighted by Gasteiger charge is -2.22. The number of unbranched alkanes of at least 4 members (excludes halogenated alkanes) is 1. The first-order valence-corrected chi connectivity index (χ1v) is 8.84. The molecule has 2 amide bonds. The van der Waals surface area contributed by atoms with Gasteiger partial charge in [-0.05, 0) is 49.9 Å². The van der Waals surface area contributed by atoms with Gasteiger partial charge in [0.05, 0.1) is 0 Å². The van der Waals surface area contributed by atoms with Crippen molar-refractivity contribution in [2.45, 2.75) is 31.7 Å². The zero-order valence-corrected chi connectivity index (χ0v) is 13.8. The van der Waals surface area contributed by atoms with Crippen molar-refractivity contribution in [3.63, 3.8) is 0 Å². The Balaban J connectivity index is 1.59. The Morgan fingerprint density at radius 2 is 2.09 bits per heavy atom. The first-order valence-electron chi connectivity index (χ1n) is 7.96. The number of anilines is 1. The van der Waals surface area contributed by atoms with Crippen molar-refractivity contribution < 1.29 is 9.90 Å². The van der Waals surface area contributed by atoms with Crippen molar-refractivity contribution in [2.75, 3.05) is 18.5 Å². The zero-order valence-electron chi connectivity index (χ0n) is 12.9. The van der Waals surface area contributed by atoms with E-state index in [0.717, 1.165) is 41.9 Å². The van der Waals surface area contributed by atoms with E-state index in [1.54, 1.807) is 17.5 Å². The fraction of sp³-hybridized carbons (Fsp3) is 0.412. The maximum absolute atomic E-state index is 12.4.